The molecule has 0 unspecified atom stereocenters. The number of aliphatic carboxylic acids is 1. The van der Waals surface area contributed by atoms with Gasteiger partial charge in [0.05, 0.1) is 25.5 Å². The molecule has 2 N–H and O–H groups in total. The first kappa shape index (κ1) is 26.2. The standard InChI is InChI=1S/C26H28N4O6S/c1-4-36-19-11-5-16(6-12-19)20-13-21(17-7-9-18(35-3)10-8-17)30(29-20)26-28-24(32)22(37-26)14-23(31)27-15(2)25(33)34/h5-12,15,21-22H,4,13-14H2,1-3H3,(H,27,31)(H,33,34)/t15-,21+,22-/m0/s1. The van der Waals surface area contributed by atoms with Gasteiger partial charge in [0.1, 0.15) is 22.8 Å². The van der Waals surface area contributed by atoms with E-state index in [1.807, 2.05) is 55.5 Å². The predicted molar refractivity (Wildman–Crippen MR) is 140 cm³/mol. The second-order valence-corrected chi connectivity index (χ2v) is 9.68. The van der Waals surface area contributed by atoms with Crippen molar-refractivity contribution >= 4 is 40.4 Å². The summed E-state index contributed by atoms with van der Waals surface area (Å²) in [7, 11) is 1.60. The predicted octanol–water partition coefficient (Wildman–Crippen LogP) is 3.22. The Balaban J connectivity index is 1.56. The van der Waals surface area contributed by atoms with Crippen molar-refractivity contribution in [1.82, 2.24) is 10.3 Å². The van der Waals surface area contributed by atoms with Crippen molar-refractivity contribution in [3.8, 4) is 11.5 Å². The van der Waals surface area contributed by atoms with Crippen LogP contribution in [0.1, 0.15) is 43.9 Å². The van der Waals surface area contributed by atoms with Crippen LogP contribution in [0, 0.1) is 0 Å². The molecule has 37 heavy (non-hydrogen) atoms. The van der Waals surface area contributed by atoms with Gasteiger partial charge in [-0.05, 0) is 61.4 Å². The molecule has 2 heterocycles. The van der Waals surface area contributed by atoms with Crippen molar-refractivity contribution in [2.24, 2.45) is 10.1 Å². The number of carbonyl (C=O) groups excluding carboxylic acids is 2. The van der Waals surface area contributed by atoms with Crippen LogP contribution in [0.2, 0.25) is 0 Å². The third-order valence-corrected chi connectivity index (χ3v) is 7.10. The number of hydrogen-bond donors (Lipinski definition) is 2. The minimum atomic E-state index is -1.15. The summed E-state index contributed by atoms with van der Waals surface area (Å²) in [5, 5.41) is 17.6. The fourth-order valence-electron chi connectivity index (χ4n) is 3.99. The van der Waals surface area contributed by atoms with Gasteiger partial charge in [0.15, 0.2) is 5.17 Å². The molecule has 2 amide bonds. The maximum Gasteiger partial charge on any atom is 0.325 e. The average Bonchev–Trinajstić information content (AvgIpc) is 3.48. The van der Waals surface area contributed by atoms with E-state index in [4.69, 9.17) is 19.7 Å². The molecule has 4 rings (SSSR count). The van der Waals surface area contributed by atoms with E-state index in [0.29, 0.717) is 18.2 Å². The van der Waals surface area contributed by atoms with E-state index in [2.05, 4.69) is 10.3 Å². The summed E-state index contributed by atoms with van der Waals surface area (Å²) in [5.41, 5.74) is 2.73. The van der Waals surface area contributed by atoms with Crippen LogP contribution in [0.15, 0.2) is 58.6 Å². The number of hydrogen-bond acceptors (Lipinski definition) is 8. The quantitative estimate of drug-likeness (QED) is 0.512. The molecule has 0 spiro atoms. The molecule has 0 saturated heterocycles. The fourth-order valence-corrected chi connectivity index (χ4v) is 5.05. The largest absolute Gasteiger partial charge is 0.497 e. The Morgan fingerprint density at radius 2 is 1.84 bits per heavy atom. The number of hydrazone groups is 1. The zero-order chi connectivity index (χ0) is 26.5. The zero-order valence-corrected chi connectivity index (χ0v) is 21.5. The minimum Gasteiger partial charge on any atom is -0.497 e. The van der Waals surface area contributed by atoms with Crippen molar-refractivity contribution < 1.29 is 29.0 Å². The van der Waals surface area contributed by atoms with Crippen LogP contribution in [0.5, 0.6) is 11.5 Å². The molecule has 0 aromatic heterocycles. The Hall–Kier alpha value is -3.86. The number of carboxylic acid groups (broad SMARTS) is 1. The molecule has 0 bridgehead atoms. The monoisotopic (exact) mass is 524 g/mol. The van der Waals surface area contributed by atoms with Gasteiger partial charge in [0, 0.05) is 12.8 Å². The van der Waals surface area contributed by atoms with Gasteiger partial charge in [0.25, 0.3) is 5.91 Å². The number of carbonyl (C=O) groups is 3. The Labute approximate surface area is 218 Å². The van der Waals surface area contributed by atoms with Gasteiger partial charge in [-0.15, -0.1) is 0 Å². The number of amides is 2. The van der Waals surface area contributed by atoms with Gasteiger partial charge in [-0.3, -0.25) is 14.4 Å². The van der Waals surface area contributed by atoms with E-state index >= 15 is 0 Å². The van der Waals surface area contributed by atoms with E-state index in [-0.39, 0.29) is 12.5 Å². The van der Waals surface area contributed by atoms with Crippen molar-refractivity contribution in [2.75, 3.05) is 13.7 Å². The van der Waals surface area contributed by atoms with Gasteiger partial charge in [-0.2, -0.15) is 10.1 Å². The number of benzene rings is 2. The van der Waals surface area contributed by atoms with Crippen LogP contribution < -0.4 is 14.8 Å². The number of carboxylic acids is 1. The molecule has 3 atom stereocenters. The number of ether oxygens (including phenoxy) is 2. The van der Waals surface area contributed by atoms with E-state index in [1.54, 1.807) is 12.1 Å². The Morgan fingerprint density at radius 3 is 2.46 bits per heavy atom. The summed E-state index contributed by atoms with van der Waals surface area (Å²) in [6.07, 6.45) is 0.403. The maximum absolute atomic E-state index is 12.7. The van der Waals surface area contributed by atoms with Gasteiger partial charge in [0.2, 0.25) is 5.91 Å². The number of nitrogens with zero attached hydrogens (tertiary/aromatic N) is 3. The van der Waals surface area contributed by atoms with Gasteiger partial charge >= 0.3 is 5.97 Å². The van der Waals surface area contributed by atoms with Crippen LogP contribution in [0.4, 0.5) is 0 Å². The lowest BCUT2D eigenvalue weighted by molar-refractivity contribution is -0.141. The van der Waals surface area contributed by atoms with E-state index in [0.717, 1.165) is 40.1 Å². The Morgan fingerprint density at radius 1 is 1.16 bits per heavy atom. The third kappa shape index (κ3) is 6.11. The Kier molecular flexibility index (Phi) is 8.12. The third-order valence-electron chi connectivity index (χ3n) is 5.95. The first-order valence-electron chi connectivity index (χ1n) is 11.8. The SMILES string of the molecule is CCOc1ccc(C2=NN(C3=NC(=O)[C@H](CC(=O)N[C@@H](C)C(=O)O)S3)[C@@H](c3ccc(OC)cc3)C2)cc1. The topological polar surface area (TPSA) is 130 Å². The number of amidine groups is 1. The highest BCUT2D eigenvalue weighted by atomic mass is 32.2. The smallest absolute Gasteiger partial charge is 0.325 e. The maximum atomic E-state index is 12.7. The molecule has 2 aliphatic rings. The zero-order valence-electron chi connectivity index (χ0n) is 20.7. The van der Waals surface area contributed by atoms with Crippen molar-refractivity contribution in [3.05, 3.63) is 59.7 Å². The molecule has 2 aliphatic heterocycles. The van der Waals surface area contributed by atoms with Gasteiger partial charge in [-0.25, -0.2) is 5.01 Å². The minimum absolute atomic E-state index is 0.176. The van der Waals surface area contributed by atoms with Crippen molar-refractivity contribution in [2.45, 2.75) is 44.0 Å². The van der Waals surface area contributed by atoms with E-state index in [9.17, 15) is 14.4 Å². The lowest BCUT2D eigenvalue weighted by Gasteiger charge is -2.23. The number of methoxy groups -OCH3 is 1. The molecule has 11 heteroatoms. The first-order valence-corrected chi connectivity index (χ1v) is 12.7. The van der Waals surface area contributed by atoms with Crippen molar-refractivity contribution in [3.63, 3.8) is 0 Å². The van der Waals surface area contributed by atoms with Crippen LogP contribution in [-0.2, 0) is 14.4 Å². The van der Waals surface area contributed by atoms with E-state index < -0.39 is 29.1 Å². The van der Waals surface area contributed by atoms with Crippen LogP contribution in [-0.4, -0.2) is 63.8 Å². The molecule has 0 aliphatic carbocycles. The molecule has 10 nitrogen and oxygen atoms in total. The highest BCUT2D eigenvalue weighted by Crippen LogP contribution is 2.39. The Bertz CT molecular complexity index is 1230. The van der Waals surface area contributed by atoms with Crippen LogP contribution >= 0.6 is 11.8 Å². The molecule has 194 valence electrons. The summed E-state index contributed by atoms with van der Waals surface area (Å²) in [5.74, 6) is -0.620. The first-order chi connectivity index (χ1) is 17.8. The normalized spacial score (nSPS) is 19.8. The molecular formula is C26H28N4O6S. The summed E-state index contributed by atoms with van der Waals surface area (Å²) in [6.45, 7) is 3.87. The number of thioether (sulfide) groups is 1. The van der Waals surface area contributed by atoms with E-state index in [1.165, 1.54) is 6.92 Å². The second-order valence-electron chi connectivity index (χ2n) is 8.51. The van der Waals surface area contributed by atoms with Gasteiger partial charge < -0.3 is 19.9 Å². The lowest BCUT2D eigenvalue weighted by Crippen LogP contribution is -2.39. The van der Waals surface area contributed by atoms with Crippen LogP contribution in [0.25, 0.3) is 0 Å². The highest BCUT2D eigenvalue weighted by molar-refractivity contribution is 8.15. The molecular weight excluding hydrogens is 496 g/mol. The lowest BCUT2D eigenvalue weighted by atomic mass is 9.98. The molecule has 0 saturated carbocycles. The number of aliphatic imine (C=N–C) groups is 1. The number of nitrogens with one attached hydrogen (secondary N) is 1. The second kappa shape index (κ2) is 11.5. The fraction of sp³-hybridized carbons (Fsp3) is 0.346. The van der Waals surface area contributed by atoms with Crippen LogP contribution in [0.3, 0.4) is 0 Å². The van der Waals surface area contributed by atoms with Gasteiger partial charge in [-0.1, -0.05) is 23.9 Å². The summed E-state index contributed by atoms with van der Waals surface area (Å²) >= 11 is 1.16. The van der Waals surface area contributed by atoms with Crippen molar-refractivity contribution in [1.29, 1.82) is 0 Å². The molecule has 2 aromatic carbocycles. The summed E-state index contributed by atoms with van der Waals surface area (Å²) < 4.78 is 10.8. The molecule has 0 fully saturated rings. The molecule has 0 radical (unpaired) electrons. The summed E-state index contributed by atoms with van der Waals surface area (Å²) in [6, 6.07) is 14.1. The average molecular weight is 525 g/mol. The molecule has 2 aromatic rings. The summed E-state index contributed by atoms with van der Waals surface area (Å²) in [4.78, 5) is 40.2. The number of rotatable bonds is 9. The highest BCUT2D eigenvalue weighted by Gasteiger charge is 2.39.